The van der Waals surface area contributed by atoms with E-state index in [1.165, 1.54) is 17.2 Å². The number of carboxylic acid groups (broad SMARTS) is 1. The van der Waals surface area contributed by atoms with Gasteiger partial charge in [-0.3, -0.25) is 0 Å². The Bertz CT molecular complexity index is 404. The molecule has 0 saturated carbocycles. The summed E-state index contributed by atoms with van der Waals surface area (Å²) in [4.78, 5) is 11.1. The van der Waals surface area contributed by atoms with Crippen molar-refractivity contribution in [1.82, 2.24) is 0 Å². The average molecular weight is 239 g/mol. The van der Waals surface area contributed by atoms with Crippen LogP contribution < -0.4 is 10.5 Å². The van der Waals surface area contributed by atoms with E-state index in [1.807, 2.05) is 6.92 Å². The summed E-state index contributed by atoms with van der Waals surface area (Å²) in [5, 5.41) is 9.92. The number of nitrogens with two attached hydrogens (primary N) is 1. The lowest BCUT2D eigenvalue weighted by atomic mass is 10.3. The zero-order chi connectivity index (χ0) is 12.0. The number of thioether (sulfide) groups is 1. The molecule has 0 aliphatic heterocycles. The molecular formula is C11H13NO3S. The first-order valence-electron chi connectivity index (χ1n) is 4.72. The van der Waals surface area contributed by atoms with Crippen molar-refractivity contribution in [3.05, 3.63) is 29.7 Å². The van der Waals surface area contributed by atoms with Crippen LogP contribution >= 0.6 is 11.8 Å². The minimum absolute atomic E-state index is 0.582. The van der Waals surface area contributed by atoms with E-state index in [0.29, 0.717) is 12.3 Å². The van der Waals surface area contributed by atoms with Crippen molar-refractivity contribution in [3.8, 4) is 5.75 Å². The first kappa shape index (κ1) is 12.4. The Balaban J connectivity index is 2.77. The van der Waals surface area contributed by atoms with Gasteiger partial charge in [-0.05, 0) is 30.5 Å². The van der Waals surface area contributed by atoms with Crippen molar-refractivity contribution in [2.45, 2.75) is 11.8 Å². The normalized spacial score (nSPS) is 10.6. The molecule has 0 bridgehead atoms. The summed E-state index contributed by atoms with van der Waals surface area (Å²) in [5.41, 5.74) is 6.35. The molecule has 3 N–H and O–H groups in total. The highest BCUT2D eigenvalue weighted by atomic mass is 32.2. The number of anilines is 1. The Morgan fingerprint density at radius 1 is 1.62 bits per heavy atom. The van der Waals surface area contributed by atoms with Crippen LogP contribution in [0.2, 0.25) is 0 Å². The highest BCUT2D eigenvalue weighted by Crippen LogP contribution is 2.29. The molecule has 1 aromatic carbocycles. The second-order valence-corrected chi connectivity index (χ2v) is 3.84. The van der Waals surface area contributed by atoms with Crippen molar-refractivity contribution in [3.63, 3.8) is 0 Å². The Hall–Kier alpha value is -1.62. The Labute approximate surface area is 98.1 Å². The van der Waals surface area contributed by atoms with Crippen LogP contribution in [0.25, 0.3) is 0 Å². The third-order valence-electron chi connectivity index (χ3n) is 1.70. The van der Waals surface area contributed by atoms with Crippen LogP contribution in [0.5, 0.6) is 5.75 Å². The summed E-state index contributed by atoms with van der Waals surface area (Å²) in [6.07, 6.45) is 1.07. The summed E-state index contributed by atoms with van der Waals surface area (Å²) >= 11 is 1.25. The van der Waals surface area contributed by atoms with Crippen molar-refractivity contribution in [1.29, 1.82) is 0 Å². The van der Waals surface area contributed by atoms with Crippen LogP contribution in [0.1, 0.15) is 6.92 Å². The van der Waals surface area contributed by atoms with Gasteiger partial charge in [-0.1, -0.05) is 11.8 Å². The summed E-state index contributed by atoms with van der Waals surface area (Å²) < 4.78 is 5.32. The highest BCUT2D eigenvalue weighted by Gasteiger charge is 2.01. The zero-order valence-corrected chi connectivity index (χ0v) is 9.66. The van der Waals surface area contributed by atoms with E-state index >= 15 is 0 Å². The number of ether oxygens (including phenoxy) is 1. The Morgan fingerprint density at radius 2 is 2.38 bits per heavy atom. The molecule has 0 radical (unpaired) electrons. The number of hydrogen-bond acceptors (Lipinski definition) is 4. The molecule has 1 rings (SSSR count). The molecule has 1 aromatic rings. The fraction of sp³-hybridized carbons (Fsp3) is 0.182. The maximum Gasteiger partial charge on any atom is 0.328 e. The number of hydrogen-bond donors (Lipinski definition) is 2. The maximum absolute atomic E-state index is 10.3. The van der Waals surface area contributed by atoms with Crippen molar-refractivity contribution >= 4 is 23.4 Å². The van der Waals surface area contributed by atoms with Crippen LogP contribution in [0.15, 0.2) is 34.6 Å². The fourth-order valence-electron chi connectivity index (χ4n) is 1.04. The molecule has 0 spiro atoms. The molecule has 4 nitrogen and oxygen atoms in total. The predicted molar refractivity (Wildman–Crippen MR) is 64.7 cm³/mol. The van der Waals surface area contributed by atoms with E-state index in [1.54, 1.807) is 18.2 Å². The van der Waals surface area contributed by atoms with Gasteiger partial charge in [0, 0.05) is 16.7 Å². The first-order valence-corrected chi connectivity index (χ1v) is 5.60. The number of carbonyl (C=O) groups is 1. The van der Waals surface area contributed by atoms with Gasteiger partial charge < -0.3 is 15.6 Å². The quantitative estimate of drug-likeness (QED) is 0.469. The second kappa shape index (κ2) is 6.07. The molecule has 5 heteroatoms. The van der Waals surface area contributed by atoms with Crippen LogP contribution in [0.4, 0.5) is 5.69 Å². The van der Waals surface area contributed by atoms with E-state index in [4.69, 9.17) is 15.6 Å². The number of nitrogen functional groups attached to an aromatic ring is 1. The van der Waals surface area contributed by atoms with Crippen LogP contribution in [-0.4, -0.2) is 17.7 Å². The lowest BCUT2D eigenvalue weighted by molar-refractivity contribution is -0.131. The van der Waals surface area contributed by atoms with Crippen LogP contribution in [-0.2, 0) is 4.79 Å². The topological polar surface area (TPSA) is 72.5 Å². The van der Waals surface area contributed by atoms with Gasteiger partial charge in [-0.15, -0.1) is 0 Å². The predicted octanol–water partition coefficient (Wildman–Crippen LogP) is 2.36. The molecule has 0 amide bonds. The van der Waals surface area contributed by atoms with Crippen molar-refractivity contribution in [2.75, 3.05) is 12.3 Å². The van der Waals surface area contributed by atoms with Crippen LogP contribution in [0, 0.1) is 0 Å². The smallest absolute Gasteiger partial charge is 0.328 e. The molecule has 16 heavy (non-hydrogen) atoms. The minimum atomic E-state index is -0.980. The average Bonchev–Trinajstić information content (AvgIpc) is 2.22. The van der Waals surface area contributed by atoms with E-state index in [0.717, 1.165) is 16.7 Å². The summed E-state index contributed by atoms with van der Waals surface area (Å²) in [7, 11) is 0. The molecule has 0 aliphatic rings. The molecule has 86 valence electrons. The lowest BCUT2D eigenvalue weighted by Gasteiger charge is -2.06. The molecule has 0 atom stereocenters. The number of benzene rings is 1. The second-order valence-electron chi connectivity index (χ2n) is 2.89. The Kier molecular flexibility index (Phi) is 4.72. The van der Waals surface area contributed by atoms with Gasteiger partial charge in [-0.2, -0.15) is 0 Å². The lowest BCUT2D eigenvalue weighted by Crippen LogP contribution is -1.93. The minimum Gasteiger partial charge on any atom is -0.494 e. The van der Waals surface area contributed by atoms with Gasteiger partial charge in [0.2, 0.25) is 0 Å². The largest absolute Gasteiger partial charge is 0.494 e. The molecule has 0 unspecified atom stereocenters. The number of carboxylic acids is 1. The van der Waals surface area contributed by atoms with Gasteiger partial charge >= 0.3 is 5.97 Å². The van der Waals surface area contributed by atoms with E-state index in [2.05, 4.69) is 0 Å². The van der Waals surface area contributed by atoms with E-state index in [-0.39, 0.29) is 0 Å². The molecule has 0 heterocycles. The van der Waals surface area contributed by atoms with Crippen molar-refractivity contribution in [2.24, 2.45) is 0 Å². The summed E-state index contributed by atoms with van der Waals surface area (Å²) in [6.45, 7) is 2.48. The van der Waals surface area contributed by atoms with Gasteiger partial charge in [0.1, 0.15) is 5.75 Å². The van der Waals surface area contributed by atoms with Gasteiger partial charge in [-0.25, -0.2) is 4.79 Å². The van der Waals surface area contributed by atoms with Gasteiger partial charge in [0.05, 0.1) is 6.61 Å². The molecule has 0 aliphatic carbocycles. The maximum atomic E-state index is 10.3. The highest BCUT2D eigenvalue weighted by molar-refractivity contribution is 8.02. The third-order valence-corrected chi connectivity index (χ3v) is 2.58. The SMILES string of the molecule is CCOc1ccc(N)c(SC=CC(=O)O)c1. The Morgan fingerprint density at radius 3 is 3.00 bits per heavy atom. The summed E-state index contributed by atoms with van der Waals surface area (Å²) in [6, 6.07) is 5.31. The third kappa shape index (κ3) is 3.86. The van der Waals surface area contributed by atoms with E-state index < -0.39 is 5.97 Å². The fourth-order valence-corrected chi connectivity index (χ4v) is 1.76. The number of aliphatic carboxylic acids is 1. The standard InChI is InChI=1S/C11H13NO3S/c1-2-15-8-3-4-9(12)10(7-8)16-6-5-11(13)14/h3-7H,2,12H2,1H3,(H,13,14). The first-order chi connectivity index (χ1) is 7.63. The van der Waals surface area contributed by atoms with Gasteiger partial charge in [0.15, 0.2) is 0 Å². The molecule has 0 saturated heterocycles. The zero-order valence-electron chi connectivity index (χ0n) is 8.84. The molecule has 0 aromatic heterocycles. The number of rotatable bonds is 5. The summed E-state index contributed by atoms with van der Waals surface area (Å²) in [5.74, 6) is -0.255. The van der Waals surface area contributed by atoms with Gasteiger partial charge in [0.25, 0.3) is 0 Å². The van der Waals surface area contributed by atoms with Crippen LogP contribution in [0.3, 0.4) is 0 Å². The monoisotopic (exact) mass is 239 g/mol. The molecular weight excluding hydrogens is 226 g/mol. The van der Waals surface area contributed by atoms with E-state index in [9.17, 15) is 4.79 Å². The van der Waals surface area contributed by atoms with Crippen molar-refractivity contribution < 1.29 is 14.6 Å². The molecule has 0 fully saturated rings.